The fraction of sp³-hybridized carbons (Fsp3) is 0.500. The van der Waals surface area contributed by atoms with Gasteiger partial charge in [-0.15, -0.1) is 0 Å². The van der Waals surface area contributed by atoms with Gasteiger partial charge in [0, 0.05) is 31.5 Å². The molecule has 0 atom stereocenters. The van der Waals surface area contributed by atoms with Gasteiger partial charge in [-0.1, -0.05) is 6.07 Å². The molecule has 1 amide bonds. The van der Waals surface area contributed by atoms with Crippen LogP contribution in [0.25, 0.3) is 11.0 Å². The Kier molecular flexibility index (Phi) is 7.19. The minimum atomic E-state index is -3.81. The van der Waals surface area contributed by atoms with Crippen LogP contribution in [-0.2, 0) is 21.3 Å². The molecule has 0 saturated heterocycles. The number of carbonyl (C=O) groups is 1. The molecule has 194 valence electrons. The number of nitrogens with one attached hydrogen (secondary N) is 1. The number of aromatic nitrogens is 4. The second kappa shape index (κ2) is 10.0. The number of anilines is 2. The zero-order valence-electron chi connectivity index (χ0n) is 21.0. The number of primary sulfonamides is 1. The van der Waals surface area contributed by atoms with Crippen molar-refractivity contribution in [3.05, 3.63) is 36.7 Å². The molecule has 2 aromatic heterocycles. The monoisotopic (exact) mass is 515 g/mol. The lowest BCUT2D eigenvalue weighted by Crippen LogP contribution is -2.42. The smallest absolute Gasteiger partial charge is 0.410 e. The molecular weight excluding hydrogens is 482 g/mol. The molecule has 0 unspecified atom stereocenters. The van der Waals surface area contributed by atoms with Gasteiger partial charge in [0.1, 0.15) is 5.60 Å². The van der Waals surface area contributed by atoms with Crippen molar-refractivity contribution in [2.45, 2.75) is 69.5 Å². The Bertz CT molecular complexity index is 1340. The van der Waals surface area contributed by atoms with E-state index in [1.807, 2.05) is 32.5 Å². The maximum atomic E-state index is 12.4. The molecule has 1 aliphatic rings. The van der Waals surface area contributed by atoms with E-state index in [4.69, 9.17) is 9.88 Å². The molecule has 1 aliphatic carbocycles. The summed E-state index contributed by atoms with van der Waals surface area (Å²) in [6, 6.07) is 6.34. The Labute approximate surface area is 211 Å². The molecule has 0 bridgehead atoms. The number of rotatable bonds is 6. The number of nitrogens with two attached hydrogens (primary N) is 1. The van der Waals surface area contributed by atoms with Gasteiger partial charge < -0.3 is 15.0 Å². The molecular formula is C24H33N7O4S. The molecule has 36 heavy (non-hydrogen) atoms. The van der Waals surface area contributed by atoms with Crippen LogP contribution in [0.4, 0.5) is 16.4 Å². The van der Waals surface area contributed by atoms with Crippen LogP contribution in [0.2, 0.25) is 0 Å². The summed E-state index contributed by atoms with van der Waals surface area (Å²) in [6.07, 6.45) is 6.89. The van der Waals surface area contributed by atoms with E-state index in [1.54, 1.807) is 29.4 Å². The fourth-order valence-electron chi connectivity index (χ4n) is 4.38. The number of ether oxygens (including phenoxy) is 1. The average Bonchev–Trinajstić information content (AvgIpc) is 3.19. The fourth-order valence-corrected chi connectivity index (χ4v) is 4.94. The second-order valence-electron chi connectivity index (χ2n) is 10.3. The van der Waals surface area contributed by atoms with Crippen LogP contribution < -0.4 is 10.5 Å². The van der Waals surface area contributed by atoms with Crippen LogP contribution in [0.15, 0.2) is 41.6 Å². The quantitative estimate of drug-likeness (QED) is 0.506. The van der Waals surface area contributed by atoms with E-state index in [0.29, 0.717) is 29.7 Å². The standard InChI is InChI=1S/C24H33N7O4S/c1-24(2,3)35-23(32)30(4)19-10-8-16(9-11-19)15-31-21-17(14-27-31)13-26-22(29-21)28-18-6-5-7-20(12-18)36(25,33)34/h5-7,12-14,16,19H,8-11,15H2,1-4H3,(H2,25,33,34)(H,26,28,29). The molecule has 12 heteroatoms. The number of benzene rings is 1. The van der Waals surface area contributed by atoms with E-state index in [1.165, 1.54) is 12.1 Å². The predicted octanol–water partition coefficient (Wildman–Crippen LogP) is 3.64. The second-order valence-corrected chi connectivity index (χ2v) is 11.8. The van der Waals surface area contributed by atoms with Crippen molar-refractivity contribution in [1.29, 1.82) is 0 Å². The van der Waals surface area contributed by atoms with Crippen LogP contribution >= 0.6 is 0 Å². The Hall–Kier alpha value is -3.25. The summed E-state index contributed by atoms with van der Waals surface area (Å²) in [5.74, 6) is 0.743. The highest BCUT2D eigenvalue weighted by Gasteiger charge is 2.29. The van der Waals surface area contributed by atoms with Crippen molar-refractivity contribution in [2.75, 3.05) is 12.4 Å². The van der Waals surface area contributed by atoms with Gasteiger partial charge in [-0.05, 0) is 70.6 Å². The lowest BCUT2D eigenvalue weighted by atomic mass is 9.85. The molecule has 0 spiro atoms. The van der Waals surface area contributed by atoms with Crippen LogP contribution in [0.5, 0.6) is 0 Å². The molecule has 3 aromatic rings. The molecule has 2 heterocycles. The summed E-state index contributed by atoms with van der Waals surface area (Å²) in [6.45, 7) is 6.33. The molecule has 1 fully saturated rings. The topological polar surface area (TPSA) is 145 Å². The summed E-state index contributed by atoms with van der Waals surface area (Å²) in [5, 5.41) is 13.6. The van der Waals surface area contributed by atoms with Gasteiger partial charge in [0.25, 0.3) is 0 Å². The van der Waals surface area contributed by atoms with E-state index < -0.39 is 15.6 Å². The van der Waals surface area contributed by atoms with E-state index >= 15 is 0 Å². The van der Waals surface area contributed by atoms with E-state index in [-0.39, 0.29) is 17.0 Å². The van der Waals surface area contributed by atoms with Crippen molar-refractivity contribution in [3.63, 3.8) is 0 Å². The average molecular weight is 516 g/mol. The van der Waals surface area contributed by atoms with Gasteiger partial charge in [-0.25, -0.2) is 28.0 Å². The van der Waals surface area contributed by atoms with Gasteiger partial charge >= 0.3 is 6.09 Å². The third-order valence-corrected chi connectivity index (χ3v) is 7.18. The number of hydrogen-bond acceptors (Lipinski definition) is 8. The molecule has 0 radical (unpaired) electrons. The molecule has 1 saturated carbocycles. The van der Waals surface area contributed by atoms with Crippen molar-refractivity contribution in [2.24, 2.45) is 11.1 Å². The molecule has 3 N–H and O–H groups in total. The first-order chi connectivity index (χ1) is 16.9. The van der Waals surface area contributed by atoms with Crippen LogP contribution in [0.3, 0.4) is 0 Å². The molecule has 11 nitrogen and oxygen atoms in total. The van der Waals surface area contributed by atoms with E-state index in [2.05, 4.69) is 20.4 Å². The van der Waals surface area contributed by atoms with Crippen LogP contribution in [0.1, 0.15) is 46.5 Å². The zero-order valence-corrected chi connectivity index (χ0v) is 21.8. The van der Waals surface area contributed by atoms with Gasteiger partial charge in [-0.3, -0.25) is 0 Å². The third kappa shape index (κ3) is 6.30. The maximum Gasteiger partial charge on any atom is 0.410 e. The highest BCUT2D eigenvalue weighted by molar-refractivity contribution is 7.89. The predicted molar refractivity (Wildman–Crippen MR) is 136 cm³/mol. The minimum absolute atomic E-state index is 0.00605. The number of hydrogen-bond donors (Lipinski definition) is 2. The minimum Gasteiger partial charge on any atom is -0.444 e. The number of amides is 1. The van der Waals surface area contributed by atoms with Crippen molar-refractivity contribution in [3.8, 4) is 0 Å². The third-order valence-electron chi connectivity index (χ3n) is 6.27. The maximum absolute atomic E-state index is 12.4. The first-order valence-corrected chi connectivity index (χ1v) is 13.5. The highest BCUT2D eigenvalue weighted by Crippen LogP contribution is 2.30. The number of nitrogens with zero attached hydrogens (tertiary/aromatic N) is 5. The summed E-state index contributed by atoms with van der Waals surface area (Å²) < 4.78 is 30.7. The first-order valence-electron chi connectivity index (χ1n) is 11.9. The van der Waals surface area contributed by atoms with E-state index in [9.17, 15) is 13.2 Å². The number of carbonyl (C=O) groups excluding carboxylic acids is 1. The molecule has 4 rings (SSSR count). The Morgan fingerprint density at radius 1 is 1.22 bits per heavy atom. The van der Waals surface area contributed by atoms with Gasteiger partial charge in [-0.2, -0.15) is 10.1 Å². The van der Waals surface area contributed by atoms with Gasteiger partial charge in [0.15, 0.2) is 5.65 Å². The molecule has 1 aromatic carbocycles. The highest BCUT2D eigenvalue weighted by atomic mass is 32.2. The normalized spacial score (nSPS) is 18.7. The largest absolute Gasteiger partial charge is 0.444 e. The van der Waals surface area contributed by atoms with Crippen LogP contribution in [0, 0.1) is 5.92 Å². The number of fused-ring (bicyclic) bond motifs is 1. The first kappa shape index (κ1) is 25.8. The summed E-state index contributed by atoms with van der Waals surface area (Å²) >= 11 is 0. The van der Waals surface area contributed by atoms with Crippen LogP contribution in [-0.4, -0.2) is 57.8 Å². The Morgan fingerprint density at radius 2 is 1.94 bits per heavy atom. The lowest BCUT2D eigenvalue weighted by Gasteiger charge is -2.35. The lowest BCUT2D eigenvalue weighted by molar-refractivity contribution is 0.0169. The Balaban J connectivity index is 1.41. The van der Waals surface area contributed by atoms with Crippen molar-refractivity contribution < 1.29 is 17.9 Å². The van der Waals surface area contributed by atoms with Crippen molar-refractivity contribution >= 4 is 38.8 Å². The zero-order chi connectivity index (χ0) is 26.1. The SMILES string of the molecule is CN(C(=O)OC(C)(C)C)C1CCC(Cn2ncc3cnc(Nc4cccc(S(N)(=O)=O)c4)nc32)CC1. The van der Waals surface area contributed by atoms with Gasteiger partial charge in [0.05, 0.1) is 16.5 Å². The molecule has 0 aliphatic heterocycles. The summed E-state index contributed by atoms with van der Waals surface area (Å²) in [4.78, 5) is 23.1. The van der Waals surface area contributed by atoms with Crippen molar-refractivity contribution in [1.82, 2.24) is 24.6 Å². The summed E-state index contributed by atoms with van der Waals surface area (Å²) in [7, 11) is -2.00. The summed E-state index contributed by atoms with van der Waals surface area (Å²) in [5.41, 5.74) is 0.701. The number of sulfonamides is 1. The Morgan fingerprint density at radius 3 is 2.61 bits per heavy atom. The van der Waals surface area contributed by atoms with E-state index in [0.717, 1.165) is 31.1 Å². The van der Waals surface area contributed by atoms with Gasteiger partial charge in [0.2, 0.25) is 16.0 Å².